The minimum Gasteiger partial charge on any atom is -0.374 e. The highest BCUT2D eigenvalue weighted by Crippen LogP contribution is 2.38. The van der Waals surface area contributed by atoms with E-state index in [4.69, 9.17) is 4.74 Å². The summed E-state index contributed by atoms with van der Waals surface area (Å²) in [6.45, 7) is 13.0. The average Bonchev–Trinajstić information content (AvgIpc) is 2.35. The zero-order valence-electron chi connectivity index (χ0n) is 13.1. The molecule has 1 saturated carbocycles. The van der Waals surface area contributed by atoms with Gasteiger partial charge < -0.3 is 10.1 Å². The van der Waals surface area contributed by atoms with Gasteiger partial charge in [-0.1, -0.05) is 39.5 Å². The van der Waals surface area contributed by atoms with Crippen LogP contribution in [0.5, 0.6) is 0 Å². The Morgan fingerprint density at radius 1 is 1.17 bits per heavy atom. The Bertz CT molecular complexity index is 227. The van der Waals surface area contributed by atoms with Gasteiger partial charge in [0, 0.05) is 12.6 Å². The normalized spacial score (nSPS) is 27.2. The molecule has 1 N–H and O–H groups in total. The molecular weight excluding hydrogens is 222 g/mol. The van der Waals surface area contributed by atoms with Crippen molar-refractivity contribution in [2.45, 2.75) is 78.4 Å². The fourth-order valence-electron chi connectivity index (χ4n) is 3.78. The number of likely N-dealkylation sites (N-methyl/N-ethyl adjacent to an activating group) is 1. The predicted molar refractivity (Wildman–Crippen MR) is 78.9 cm³/mol. The second kappa shape index (κ2) is 7.49. The summed E-state index contributed by atoms with van der Waals surface area (Å²) in [5, 5.41) is 3.72. The van der Waals surface area contributed by atoms with E-state index in [9.17, 15) is 0 Å². The molecule has 0 amide bonds. The van der Waals surface area contributed by atoms with E-state index in [-0.39, 0.29) is 5.60 Å². The monoisotopic (exact) mass is 255 g/mol. The quantitative estimate of drug-likeness (QED) is 0.742. The Balaban J connectivity index is 2.81. The van der Waals surface area contributed by atoms with E-state index in [1.165, 1.54) is 32.1 Å². The van der Waals surface area contributed by atoms with Crippen LogP contribution in [0.4, 0.5) is 0 Å². The van der Waals surface area contributed by atoms with E-state index >= 15 is 0 Å². The van der Waals surface area contributed by atoms with Crippen LogP contribution in [0.1, 0.15) is 66.7 Å². The summed E-state index contributed by atoms with van der Waals surface area (Å²) in [6.07, 6.45) is 6.90. The summed E-state index contributed by atoms with van der Waals surface area (Å²) in [4.78, 5) is 0. The highest BCUT2D eigenvalue weighted by Gasteiger charge is 2.39. The van der Waals surface area contributed by atoms with Crippen LogP contribution in [-0.2, 0) is 4.74 Å². The van der Waals surface area contributed by atoms with Crippen molar-refractivity contribution in [3.8, 4) is 0 Å². The highest BCUT2D eigenvalue weighted by molar-refractivity contribution is 4.94. The van der Waals surface area contributed by atoms with Gasteiger partial charge in [0.2, 0.25) is 0 Å². The first-order chi connectivity index (χ1) is 8.56. The van der Waals surface area contributed by atoms with Crippen molar-refractivity contribution in [3.63, 3.8) is 0 Å². The highest BCUT2D eigenvalue weighted by atomic mass is 16.5. The maximum absolute atomic E-state index is 6.03. The summed E-state index contributed by atoms with van der Waals surface area (Å²) in [6, 6.07) is 0.493. The molecule has 0 aliphatic heterocycles. The van der Waals surface area contributed by atoms with Gasteiger partial charge in [-0.25, -0.2) is 0 Å². The number of rotatable bonds is 7. The zero-order chi connectivity index (χ0) is 13.6. The molecule has 2 heteroatoms. The molecular formula is C16H33NO. The Kier molecular flexibility index (Phi) is 6.65. The van der Waals surface area contributed by atoms with Crippen molar-refractivity contribution in [3.05, 3.63) is 0 Å². The molecule has 0 aromatic carbocycles. The van der Waals surface area contributed by atoms with E-state index in [1.807, 2.05) is 0 Å². The van der Waals surface area contributed by atoms with Crippen LogP contribution in [-0.4, -0.2) is 24.8 Å². The standard InChI is InChI=1S/C16H33NO/c1-6-13-11-9-10-12-14(13)15(17-7-2)16(4,5)18-8-3/h13-15,17H,6-12H2,1-5H3. The maximum Gasteiger partial charge on any atom is 0.0781 e. The van der Waals surface area contributed by atoms with Crippen molar-refractivity contribution in [2.75, 3.05) is 13.2 Å². The summed E-state index contributed by atoms with van der Waals surface area (Å²) >= 11 is 0. The Labute approximate surface area is 114 Å². The Morgan fingerprint density at radius 2 is 1.83 bits per heavy atom. The van der Waals surface area contributed by atoms with Crippen LogP contribution in [0.3, 0.4) is 0 Å². The molecule has 0 saturated heterocycles. The first-order valence-corrected chi connectivity index (χ1v) is 7.94. The van der Waals surface area contributed by atoms with Gasteiger partial charge >= 0.3 is 0 Å². The van der Waals surface area contributed by atoms with E-state index in [0.717, 1.165) is 25.0 Å². The molecule has 0 bridgehead atoms. The van der Waals surface area contributed by atoms with Crippen LogP contribution < -0.4 is 5.32 Å². The fraction of sp³-hybridized carbons (Fsp3) is 1.00. The predicted octanol–water partition coefficient (Wildman–Crippen LogP) is 4.00. The third kappa shape index (κ3) is 3.96. The lowest BCUT2D eigenvalue weighted by Crippen LogP contribution is -2.55. The molecule has 0 aromatic rings. The van der Waals surface area contributed by atoms with Gasteiger partial charge in [-0.05, 0) is 45.6 Å². The van der Waals surface area contributed by atoms with E-state index < -0.39 is 0 Å². The summed E-state index contributed by atoms with van der Waals surface area (Å²) < 4.78 is 6.03. The lowest BCUT2D eigenvalue weighted by molar-refractivity contribution is -0.0651. The summed E-state index contributed by atoms with van der Waals surface area (Å²) in [5.41, 5.74) is -0.0554. The van der Waals surface area contributed by atoms with Crippen molar-refractivity contribution >= 4 is 0 Å². The third-order valence-electron chi connectivity index (χ3n) is 4.61. The lowest BCUT2D eigenvalue weighted by atomic mass is 9.70. The van der Waals surface area contributed by atoms with E-state index in [1.54, 1.807) is 0 Å². The Hall–Kier alpha value is -0.0800. The molecule has 1 rings (SSSR count). The van der Waals surface area contributed by atoms with Gasteiger partial charge in [-0.3, -0.25) is 0 Å². The molecule has 0 spiro atoms. The molecule has 3 atom stereocenters. The number of hydrogen-bond donors (Lipinski definition) is 1. The molecule has 18 heavy (non-hydrogen) atoms. The van der Waals surface area contributed by atoms with Crippen LogP contribution in [0, 0.1) is 11.8 Å². The lowest BCUT2D eigenvalue weighted by Gasteiger charge is -2.44. The van der Waals surface area contributed by atoms with Crippen LogP contribution in [0.2, 0.25) is 0 Å². The van der Waals surface area contributed by atoms with E-state index in [2.05, 4.69) is 39.9 Å². The van der Waals surface area contributed by atoms with Gasteiger partial charge in [0.1, 0.15) is 0 Å². The topological polar surface area (TPSA) is 21.3 Å². The smallest absolute Gasteiger partial charge is 0.0781 e. The van der Waals surface area contributed by atoms with Crippen LogP contribution >= 0.6 is 0 Å². The number of ether oxygens (including phenoxy) is 1. The van der Waals surface area contributed by atoms with Gasteiger partial charge in [0.15, 0.2) is 0 Å². The number of hydrogen-bond acceptors (Lipinski definition) is 2. The largest absolute Gasteiger partial charge is 0.374 e. The second-order valence-corrected chi connectivity index (χ2v) is 6.19. The molecule has 0 heterocycles. The van der Waals surface area contributed by atoms with Gasteiger partial charge in [-0.2, -0.15) is 0 Å². The summed E-state index contributed by atoms with van der Waals surface area (Å²) in [5.74, 6) is 1.66. The molecule has 1 aliphatic rings. The molecule has 2 nitrogen and oxygen atoms in total. The average molecular weight is 255 g/mol. The Morgan fingerprint density at radius 3 is 2.39 bits per heavy atom. The maximum atomic E-state index is 6.03. The van der Waals surface area contributed by atoms with Crippen LogP contribution in [0.25, 0.3) is 0 Å². The SMILES string of the molecule is CCNC(C1CCCCC1CC)C(C)(C)OCC. The first kappa shape index (κ1) is 16.0. The molecule has 3 unspecified atom stereocenters. The summed E-state index contributed by atoms with van der Waals surface area (Å²) in [7, 11) is 0. The second-order valence-electron chi connectivity index (χ2n) is 6.19. The minimum atomic E-state index is -0.0554. The minimum absolute atomic E-state index is 0.0554. The zero-order valence-corrected chi connectivity index (χ0v) is 13.1. The molecule has 0 aromatic heterocycles. The van der Waals surface area contributed by atoms with Gasteiger partial charge in [0.05, 0.1) is 5.60 Å². The van der Waals surface area contributed by atoms with Gasteiger partial charge in [-0.15, -0.1) is 0 Å². The third-order valence-corrected chi connectivity index (χ3v) is 4.61. The van der Waals surface area contributed by atoms with E-state index in [0.29, 0.717) is 6.04 Å². The molecule has 1 fully saturated rings. The van der Waals surface area contributed by atoms with Gasteiger partial charge in [0.25, 0.3) is 0 Å². The number of nitrogens with one attached hydrogen (secondary N) is 1. The fourth-order valence-corrected chi connectivity index (χ4v) is 3.78. The van der Waals surface area contributed by atoms with Crippen molar-refractivity contribution < 1.29 is 4.74 Å². The van der Waals surface area contributed by atoms with Crippen molar-refractivity contribution in [1.82, 2.24) is 5.32 Å². The van der Waals surface area contributed by atoms with Crippen molar-refractivity contribution in [1.29, 1.82) is 0 Å². The van der Waals surface area contributed by atoms with Crippen molar-refractivity contribution in [2.24, 2.45) is 11.8 Å². The molecule has 0 radical (unpaired) electrons. The molecule has 108 valence electrons. The molecule has 1 aliphatic carbocycles. The van der Waals surface area contributed by atoms with Crippen LogP contribution in [0.15, 0.2) is 0 Å². The first-order valence-electron chi connectivity index (χ1n) is 7.94.